The number of amides is 1. The van der Waals surface area contributed by atoms with Gasteiger partial charge in [-0.2, -0.15) is 13.1 Å². The summed E-state index contributed by atoms with van der Waals surface area (Å²) in [6, 6.07) is 9.83. The summed E-state index contributed by atoms with van der Waals surface area (Å²) >= 11 is 0. The second-order valence-electron chi connectivity index (χ2n) is 6.35. The Kier molecular flexibility index (Phi) is 6.27. The summed E-state index contributed by atoms with van der Waals surface area (Å²) in [4.78, 5) is 24.1. The third-order valence-electron chi connectivity index (χ3n) is 4.54. The Labute approximate surface area is 170 Å². The van der Waals surface area contributed by atoms with Crippen LogP contribution < -0.4 is 4.74 Å². The summed E-state index contributed by atoms with van der Waals surface area (Å²) in [6.07, 6.45) is 0. The van der Waals surface area contributed by atoms with Gasteiger partial charge in [0.25, 0.3) is 11.6 Å². The van der Waals surface area contributed by atoms with Gasteiger partial charge in [-0.05, 0) is 36.4 Å². The lowest BCUT2D eigenvalue weighted by molar-refractivity contribution is -0.384. The van der Waals surface area contributed by atoms with Crippen LogP contribution in [0.4, 0.5) is 14.5 Å². The van der Waals surface area contributed by atoms with Gasteiger partial charge in [0.05, 0.1) is 9.82 Å². The zero-order valence-electron chi connectivity index (χ0n) is 15.5. The molecule has 1 heterocycles. The fourth-order valence-corrected chi connectivity index (χ4v) is 4.40. The van der Waals surface area contributed by atoms with E-state index in [0.29, 0.717) is 0 Å². The van der Waals surface area contributed by atoms with Crippen LogP contribution in [0.2, 0.25) is 0 Å². The van der Waals surface area contributed by atoms with Crippen molar-refractivity contribution in [3.05, 3.63) is 64.2 Å². The molecule has 30 heavy (non-hydrogen) atoms. The standard InChI is InChI=1S/C18H17F2N3O6S/c19-18(20)29-15-5-1-13(2-6-15)17(24)21-9-11-22(12-10-21)30(27,28)16-7-3-14(4-8-16)23(25)26/h1-8,18H,9-12H2. The van der Waals surface area contributed by atoms with Crippen molar-refractivity contribution in [1.82, 2.24) is 9.21 Å². The summed E-state index contributed by atoms with van der Waals surface area (Å²) in [7, 11) is -3.85. The van der Waals surface area contributed by atoms with Gasteiger partial charge in [0.15, 0.2) is 0 Å². The van der Waals surface area contributed by atoms with Crippen molar-refractivity contribution in [1.29, 1.82) is 0 Å². The number of hydrogen-bond donors (Lipinski definition) is 0. The number of nitro benzene ring substituents is 1. The molecule has 1 amide bonds. The average Bonchev–Trinajstić information content (AvgIpc) is 2.73. The Balaban J connectivity index is 1.63. The predicted molar refractivity (Wildman–Crippen MR) is 101 cm³/mol. The number of benzene rings is 2. The molecular formula is C18H17F2N3O6S. The molecule has 0 saturated carbocycles. The zero-order chi connectivity index (χ0) is 21.9. The molecule has 3 rings (SSSR count). The van der Waals surface area contributed by atoms with Gasteiger partial charge in [0.2, 0.25) is 10.0 Å². The quantitative estimate of drug-likeness (QED) is 0.503. The number of non-ortho nitro benzene ring substituents is 1. The number of carbonyl (C=O) groups excluding carboxylic acids is 1. The van der Waals surface area contributed by atoms with E-state index in [1.807, 2.05) is 0 Å². The van der Waals surface area contributed by atoms with E-state index in [1.54, 1.807) is 0 Å². The van der Waals surface area contributed by atoms with E-state index in [2.05, 4.69) is 4.74 Å². The van der Waals surface area contributed by atoms with Crippen LogP contribution in [0.1, 0.15) is 10.4 Å². The van der Waals surface area contributed by atoms with Crippen LogP contribution in [0.5, 0.6) is 5.75 Å². The molecule has 1 aliphatic rings. The Bertz CT molecular complexity index is 1020. The molecule has 0 atom stereocenters. The third kappa shape index (κ3) is 4.71. The number of nitrogens with zero attached hydrogens (tertiary/aromatic N) is 3. The van der Waals surface area contributed by atoms with E-state index in [9.17, 15) is 32.1 Å². The minimum Gasteiger partial charge on any atom is -0.435 e. The van der Waals surface area contributed by atoms with Crippen LogP contribution >= 0.6 is 0 Å². The first-order valence-electron chi connectivity index (χ1n) is 8.77. The molecule has 0 aliphatic carbocycles. The minimum atomic E-state index is -3.85. The van der Waals surface area contributed by atoms with E-state index in [-0.39, 0.29) is 54.0 Å². The van der Waals surface area contributed by atoms with Crippen molar-refractivity contribution in [3.63, 3.8) is 0 Å². The molecule has 0 aromatic heterocycles. The largest absolute Gasteiger partial charge is 0.435 e. The van der Waals surface area contributed by atoms with Gasteiger partial charge in [-0.1, -0.05) is 0 Å². The first-order chi connectivity index (χ1) is 14.2. The molecule has 0 unspecified atom stereocenters. The van der Waals surface area contributed by atoms with Crippen molar-refractivity contribution >= 4 is 21.6 Å². The zero-order valence-corrected chi connectivity index (χ0v) is 16.3. The molecule has 12 heteroatoms. The van der Waals surface area contributed by atoms with Gasteiger partial charge >= 0.3 is 6.61 Å². The molecule has 0 spiro atoms. The molecule has 160 valence electrons. The summed E-state index contributed by atoms with van der Waals surface area (Å²) < 4.78 is 55.3. The summed E-state index contributed by atoms with van der Waals surface area (Å²) in [6.45, 7) is -2.58. The third-order valence-corrected chi connectivity index (χ3v) is 6.45. The number of sulfonamides is 1. The van der Waals surface area contributed by atoms with E-state index in [1.165, 1.54) is 45.6 Å². The normalized spacial score (nSPS) is 15.2. The number of rotatable bonds is 6. The lowest BCUT2D eigenvalue weighted by Gasteiger charge is -2.34. The van der Waals surface area contributed by atoms with Gasteiger partial charge in [0, 0.05) is 43.9 Å². The number of halogens is 2. The maximum atomic E-state index is 12.7. The SMILES string of the molecule is O=C(c1ccc(OC(F)F)cc1)N1CCN(S(=O)(=O)c2ccc([N+](=O)[O-])cc2)CC1. The van der Waals surface area contributed by atoms with Gasteiger partial charge in [0.1, 0.15) is 5.75 Å². The van der Waals surface area contributed by atoms with Gasteiger partial charge in [-0.15, -0.1) is 0 Å². The number of ether oxygens (including phenoxy) is 1. The summed E-state index contributed by atoms with van der Waals surface area (Å²) in [5.41, 5.74) is 0.0534. The highest BCUT2D eigenvalue weighted by molar-refractivity contribution is 7.89. The number of nitro groups is 1. The fourth-order valence-electron chi connectivity index (χ4n) is 2.98. The molecule has 1 fully saturated rings. The number of carbonyl (C=O) groups is 1. The van der Waals surface area contributed by atoms with Gasteiger partial charge in [-0.25, -0.2) is 8.42 Å². The fraction of sp³-hybridized carbons (Fsp3) is 0.278. The van der Waals surface area contributed by atoms with Crippen molar-refractivity contribution in [2.75, 3.05) is 26.2 Å². The number of hydrogen-bond acceptors (Lipinski definition) is 6. The predicted octanol–water partition coefficient (Wildman–Crippen LogP) is 2.34. The topological polar surface area (TPSA) is 110 Å². The number of piperazine rings is 1. The highest BCUT2D eigenvalue weighted by atomic mass is 32.2. The first kappa shape index (κ1) is 21.6. The molecule has 1 aliphatic heterocycles. The van der Waals surface area contributed by atoms with Crippen LogP contribution in [-0.4, -0.2) is 61.2 Å². The lowest BCUT2D eigenvalue weighted by Crippen LogP contribution is -2.50. The Morgan fingerprint density at radius 1 is 1.00 bits per heavy atom. The molecule has 0 radical (unpaired) electrons. The van der Waals surface area contributed by atoms with E-state index in [4.69, 9.17) is 0 Å². The summed E-state index contributed by atoms with van der Waals surface area (Å²) in [5.74, 6) is -0.424. The van der Waals surface area contributed by atoms with Crippen LogP contribution in [0.15, 0.2) is 53.4 Å². The van der Waals surface area contributed by atoms with Crippen LogP contribution in [-0.2, 0) is 10.0 Å². The van der Waals surface area contributed by atoms with Crippen molar-refractivity contribution < 1.29 is 31.7 Å². The second-order valence-corrected chi connectivity index (χ2v) is 8.29. The highest BCUT2D eigenvalue weighted by Gasteiger charge is 2.30. The smallest absolute Gasteiger partial charge is 0.387 e. The maximum absolute atomic E-state index is 12.7. The van der Waals surface area contributed by atoms with Gasteiger partial charge < -0.3 is 9.64 Å². The number of alkyl halides is 2. The van der Waals surface area contributed by atoms with Crippen molar-refractivity contribution in [2.24, 2.45) is 0 Å². The van der Waals surface area contributed by atoms with Gasteiger partial charge in [-0.3, -0.25) is 14.9 Å². The monoisotopic (exact) mass is 441 g/mol. The molecular weight excluding hydrogens is 424 g/mol. The van der Waals surface area contributed by atoms with E-state index < -0.39 is 21.6 Å². The summed E-state index contributed by atoms with van der Waals surface area (Å²) in [5, 5.41) is 10.7. The maximum Gasteiger partial charge on any atom is 0.387 e. The highest BCUT2D eigenvalue weighted by Crippen LogP contribution is 2.22. The van der Waals surface area contributed by atoms with Crippen LogP contribution in [0, 0.1) is 10.1 Å². The molecule has 1 saturated heterocycles. The molecule has 9 nitrogen and oxygen atoms in total. The Hall–Kier alpha value is -3.12. The van der Waals surface area contributed by atoms with E-state index in [0.717, 1.165) is 12.1 Å². The van der Waals surface area contributed by atoms with E-state index >= 15 is 0 Å². The van der Waals surface area contributed by atoms with Crippen molar-refractivity contribution in [3.8, 4) is 5.75 Å². The average molecular weight is 441 g/mol. The molecule has 0 N–H and O–H groups in total. The Morgan fingerprint density at radius 3 is 2.07 bits per heavy atom. The molecule has 0 bridgehead atoms. The molecule has 2 aromatic rings. The molecule has 2 aromatic carbocycles. The lowest BCUT2D eigenvalue weighted by atomic mass is 10.2. The Morgan fingerprint density at radius 2 is 1.57 bits per heavy atom. The van der Waals surface area contributed by atoms with Crippen LogP contribution in [0.25, 0.3) is 0 Å². The van der Waals surface area contributed by atoms with Crippen LogP contribution in [0.3, 0.4) is 0 Å². The minimum absolute atomic E-state index is 0.0532. The first-order valence-corrected chi connectivity index (χ1v) is 10.2. The second kappa shape index (κ2) is 8.71. The van der Waals surface area contributed by atoms with Crippen molar-refractivity contribution in [2.45, 2.75) is 11.5 Å².